The van der Waals surface area contributed by atoms with E-state index < -0.39 is 0 Å². The Morgan fingerprint density at radius 1 is 1.32 bits per heavy atom. The zero-order chi connectivity index (χ0) is 13.1. The summed E-state index contributed by atoms with van der Waals surface area (Å²) in [5.41, 5.74) is 0. The van der Waals surface area contributed by atoms with Crippen LogP contribution >= 0.6 is 0 Å². The predicted molar refractivity (Wildman–Crippen MR) is 69.7 cm³/mol. The number of piperidine rings is 1. The number of aliphatic hydroxyl groups excluding tert-OH is 1. The maximum absolute atomic E-state index is 8.91. The van der Waals surface area contributed by atoms with E-state index in [0.717, 1.165) is 31.9 Å². The molecule has 6 heteroatoms. The zero-order valence-corrected chi connectivity index (χ0v) is 11.2. The molecule has 0 saturated carbocycles. The van der Waals surface area contributed by atoms with E-state index in [1.54, 1.807) is 0 Å². The van der Waals surface area contributed by atoms with Crippen molar-refractivity contribution in [3.05, 3.63) is 11.7 Å². The summed E-state index contributed by atoms with van der Waals surface area (Å²) < 4.78 is 5.39. The molecule has 1 atom stereocenters. The molecular weight excluding hydrogens is 244 g/mol. The van der Waals surface area contributed by atoms with Gasteiger partial charge in [-0.15, -0.1) is 0 Å². The molecule has 2 saturated heterocycles. The van der Waals surface area contributed by atoms with E-state index in [4.69, 9.17) is 9.63 Å². The number of hydrogen-bond donors (Lipinski definition) is 2. The molecule has 0 amide bonds. The second kappa shape index (κ2) is 5.98. The number of aromatic nitrogens is 2. The van der Waals surface area contributed by atoms with E-state index in [0.29, 0.717) is 18.3 Å². The Morgan fingerprint density at radius 3 is 2.95 bits per heavy atom. The van der Waals surface area contributed by atoms with Gasteiger partial charge in [0.25, 0.3) is 0 Å². The Labute approximate surface area is 113 Å². The number of nitrogens with zero attached hydrogens (tertiary/aromatic N) is 3. The van der Waals surface area contributed by atoms with Crippen LogP contribution in [0.3, 0.4) is 0 Å². The minimum absolute atomic E-state index is 0.0711. The van der Waals surface area contributed by atoms with Crippen LogP contribution in [0.4, 0.5) is 0 Å². The predicted octanol–water partition coefficient (Wildman–Crippen LogP) is 0.493. The molecule has 2 fully saturated rings. The fraction of sp³-hybridized carbons (Fsp3) is 0.846. The van der Waals surface area contributed by atoms with Gasteiger partial charge in [0, 0.05) is 12.5 Å². The molecule has 0 aliphatic carbocycles. The van der Waals surface area contributed by atoms with Crippen LogP contribution in [-0.2, 0) is 6.42 Å². The van der Waals surface area contributed by atoms with Gasteiger partial charge >= 0.3 is 0 Å². The summed E-state index contributed by atoms with van der Waals surface area (Å²) in [5, 5.41) is 16.3. The number of aliphatic hydroxyl groups is 1. The van der Waals surface area contributed by atoms with Crippen molar-refractivity contribution >= 4 is 0 Å². The van der Waals surface area contributed by atoms with Gasteiger partial charge in [-0.3, -0.25) is 4.90 Å². The van der Waals surface area contributed by atoms with Crippen LogP contribution in [0, 0.1) is 0 Å². The highest BCUT2D eigenvalue weighted by atomic mass is 16.5. The molecule has 0 bridgehead atoms. The molecule has 1 unspecified atom stereocenters. The summed E-state index contributed by atoms with van der Waals surface area (Å²) in [4.78, 5) is 6.97. The topological polar surface area (TPSA) is 74.4 Å². The first-order valence-corrected chi connectivity index (χ1v) is 7.28. The molecule has 0 spiro atoms. The Balaban J connectivity index is 1.70. The number of hydrogen-bond acceptors (Lipinski definition) is 6. The van der Waals surface area contributed by atoms with E-state index in [1.165, 1.54) is 19.3 Å². The number of rotatable bonds is 4. The van der Waals surface area contributed by atoms with Gasteiger partial charge < -0.3 is 14.9 Å². The monoisotopic (exact) mass is 266 g/mol. The average molecular weight is 266 g/mol. The average Bonchev–Trinajstić information content (AvgIpc) is 3.08. The molecular formula is C13H22N4O2. The van der Waals surface area contributed by atoms with E-state index >= 15 is 0 Å². The van der Waals surface area contributed by atoms with Crippen molar-refractivity contribution in [2.45, 2.75) is 44.2 Å². The van der Waals surface area contributed by atoms with Crippen LogP contribution < -0.4 is 5.32 Å². The lowest BCUT2D eigenvalue weighted by molar-refractivity contribution is 0.126. The van der Waals surface area contributed by atoms with Gasteiger partial charge in [-0.25, -0.2) is 0 Å². The van der Waals surface area contributed by atoms with Crippen molar-refractivity contribution in [2.24, 2.45) is 0 Å². The first kappa shape index (κ1) is 13.0. The van der Waals surface area contributed by atoms with E-state index in [9.17, 15) is 0 Å². The van der Waals surface area contributed by atoms with Crippen molar-refractivity contribution in [3.8, 4) is 0 Å². The molecule has 2 aliphatic heterocycles. The molecule has 3 heterocycles. The molecule has 19 heavy (non-hydrogen) atoms. The fourth-order valence-electron chi connectivity index (χ4n) is 3.23. The lowest BCUT2D eigenvalue weighted by Crippen LogP contribution is -2.42. The fourth-order valence-corrected chi connectivity index (χ4v) is 3.23. The minimum Gasteiger partial charge on any atom is -0.396 e. The van der Waals surface area contributed by atoms with Crippen LogP contribution in [0.15, 0.2) is 4.52 Å². The molecule has 1 aromatic rings. The lowest BCUT2D eigenvalue weighted by Gasteiger charge is -2.34. The van der Waals surface area contributed by atoms with Gasteiger partial charge in [-0.2, -0.15) is 4.98 Å². The van der Waals surface area contributed by atoms with Crippen molar-refractivity contribution in [2.75, 3.05) is 26.2 Å². The highest BCUT2D eigenvalue weighted by Crippen LogP contribution is 2.34. The third kappa shape index (κ3) is 2.80. The minimum atomic E-state index is 0.0711. The largest absolute Gasteiger partial charge is 0.396 e. The summed E-state index contributed by atoms with van der Waals surface area (Å²) in [6, 6.07) is 0.921. The summed E-state index contributed by atoms with van der Waals surface area (Å²) in [6.07, 6.45) is 5.18. The van der Waals surface area contributed by atoms with E-state index in [2.05, 4.69) is 20.4 Å². The maximum atomic E-state index is 8.91. The number of likely N-dealkylation sites (tertiary alicyclic amines) is 1. The summed E-state index contributed by atoms with van der Waals surface area (Å²) in [5.74, 6) is 1.36. The van der Waals surface area contributed by atoms with Gasteiger partial charge in [0.1, 0.15) is 0 Å². The summed E-state index contributed by atoms with van der Waals surface area (Å²) in [7, 11) is 0. The third-order valence-corrected chi connectivity index (χ3v) is 4.18. The molecule has 0 aromatic carbocycles. The van der Waals surface area contributed by atoms with Gasteiger partial charge in [0.15, 0.2) is 5.82 Å². The molecule has 6 nitrogen and oxygen atoms in total. The highest BCUT2D eigenvalue weighted by Gasteiger charge is 2.35. The van der Waals surface area contributed by atoms with Crippen LogP contribution in [0.5, 0.6) is 0 Å². The first-order chi connectivity index (χ1) is 9.38. The molecule has 2 aliphatic rings. The van der Waals surface area contributed by atoms with Crippen molar-refractivity contribution in [1.82, 2.24) is 20.4 Å². The molecule has 3 rings (SSSR count). The molecule has 1 aromatic heterocycles. The van der Waals surface area contributed by atoms with Crippen molar-refractivity contribution in [1.29, 1.82) is 0 Å². The van der Waals surface area contributed by atoms with E-state index in [-0.39, 0.29) is 12.6 Å². The van der Waals surface area contributed by atoms with Crippen molar-refractivity contribution < 1.29 is 9.63 Å². The van der Waals surface area contributed by atoms with Crippen LogP contribution in [0.2, 0.25) is 0 Å². The molecule has 106 valence electrons. The van der Waals surface area contributed by atoms with Gasteiger partial charge in [0.05, 0.1) is 12.6 Å². The quantitative estimate of drug-likeness (QED) is 0.826. The third-order valence-electron chi connectivity index (χ3n) is 4.18. The normalized spacial score (nSPS) is 26.1. The zero-order valence-electron chi connectivity index (χ0n) is 11.2. The molecule has 2 N–H and O–H groups in total. The van der Waals surface area contributed by atoms with Gasteiger partial charge in [0.2, 0.25) is 5.89 Å². The van der Waals surface area contributed by atoms with Crippen molar-refractivity contribution in [3.63, 3.8) is 0 Å². The SMILES string of the molecule is OCCc1noc(C2CCCN2C2CCNCC2)n1. The van der Waals surface area contributed by atoms with Crippen LogP contribution in [0.25, 0.3) is 0 Å². The van der Waals surface area contributed by atoms with Gasteiger partial charge in [-0.1, -0.05) is 5.16 Å². The van der Waals surface area contributed by atoms with E-state index in [1.807, 2.05) is 0 Å². The summed E-state index contributed by atoms with van der Waals surface area (Å²) >= 11 is 0. The Bertz CT molecular complexity index is 403. The Morgan fingerprint density at radius 2 is 2.16 bits per heavy atom. The van der Waals surface area contributed by atoms with Crippen LogP contribution in [0.1, 0.15) is 43.4 Å². The standard InChI is InChI=1S/C13H22N4O2/c18-9-5-12-15-13(19-16-12)11-2-1-8-17(11)10-3-6-14-7-4-10/h10-11,14,18H,1-9H2. The lowest BCUT2D eigenvalue weighted by atomic mass is 10.0. The van der Waals surface area contributed by atoms with Gasteiger partial charge in [-0.05, 0) is 45.3 Å². The second-order valence-electron chi connectivity index (χ2n) is 5.40. The first-order valence-electron chi connectivity index (χ1n) is 7.28. The molecule has 0 radical (unpaired) electrons. The highest BCUT2D eigenvalue weighted by molar-refractivity contribution is 4.99. The second-order valence-corrected chi connectivity index (χ2v) is 5.40. The summed E-state index contributed by atoms with van der Waals surface area (Å²) in [6.45, 7) is 3.41. The number of nitrogens with one attached hydrogen (secondary N) is 1. The Hall–Kier alpha value is -0.980. The smallest absolute Gasteiger partial charge is 0.244 e. The maximum Gasteiger partial charge on any atom is 0.244 e. The Kier molecular flexibility index (Phi) is 4.10. The van der Waals surface area contributed by atoms with Crippen LogP contribution in [-0.4, -0.2) is 52.4 Å².